The van der Waals surface area contributed by atoms with Crippen LogP contribution in [0, 0.1) is 0 Å². The number of rotatable bonds is 8. The summed E-state index contributed by atoms with van der Waals surface area (Å²) in [5.74, 6) is 1.61. The Bertz CT molecular complexity index is 1130. The van der Waals surface area contributed by atoms with E-state index in [1.807, 2.05) is 53.2 Å². The fourth-order valence-corrected chi connectivity index (χ4v) is 4.08. The first-order valence-electron chi connectivity index (χ1n) is 9.59. The summed E-state index contributed by atoms with van der Waals surface area (Å²) in [7, 11) is 1.66. The number of carbonyl (C=O) groups is 1. The molecule has 0 spiro atoms. The molecule has 4 rings (SSSR count). The third-order valence-electron chi connectivity index (χ3n) is 4.70. The van der Waals surface area contributed by atoms with Crippen molar-refractivity contribution in [2.75, 3.05) is 7.11 Å². The van der Waals surface area contributed by atoms with Crippen molar-refractivity contribution in [1.82, 2.24) is 19.9 Å². The number of pyridine rings is 2. The second-order valence-corrected chi connectivity index (χ2v) is 7.69. The van der Waals surface area contributed by atoms with Gasteiger partial charge in [-0.25, -0.2) is 4.98 Å². The molecule has 1 aromatic carbocycles. The van der Waals surface area contributed by atoms with Gasteiger partial charge in [0.1, 0.15) is 17.3 Å². The van der Waals surface area contributed by atoms with Crippen LogP contribution in [0.2, 0.25) is 0 Å². The minimum absolute atomic E-state index is 0.0533. The molecule has 0 bridgehead atoms. The van der Waals surface area contributed by atoms with Gasteiger partial charge in [0, 0.05) is 29.7 Å². The lowest BCUT2D eigenvalue weighted by molar-refractivity contribution is -0.121. The number of carbonyl (C=O) groups excluding carboxylic acids is 1. The van der Waals surface area contributed by atoms with Gasteiger partial charge in [0.25, 0.3) is 0 Å². The average Bonchev–Trinajstić information content (AvgIpc) is 3.20. The van der Waals surface area contributed by atoms with Crippen molar-refractivity contribution in [3.63, 3.8) is 0 Å². The molecule has 0 atom stereocenters. The van der Waals surface area contributed by atoms with Gasteiger partial charge >= 0.3 is 0 Å². The van der Waals surface area contributed by atoms with Crippen LogP contribution < -0.4 is 10.1 Å². The number of fused-ring (bicyclic) bond motifs is 1. The molecule has 152 valence electrons. The molecule has 0 saturated heterocycles. The molecule has 0 aliphatic heterocycles. The number of ether oxygens (including phenoxy) is 1. The Morgan fingerprint density at radius 1 is 1.07 bits per heavy atom. The monoisotopic (exact) mass is 418 g/mol. The third-order valence-corrected chi connectivity index (χ3v) is 5.78. The SMILES string of the molecule is COc1ccc(CSc2nccc3c2ccn3CC(=O)NCc2ccccn2)cc1. The van der Waals surface area contributed by atoms with E-state index < -0.39 is 0 Å². The molecule has 0 aliphatic rings. The first-order valence-corrected chi connectivity index (χ1v) is 10.6. The van der Waals surface area contributed by atoms with Gasteiger partial charge in [0.15, 0.2) is 0 Å². The maximum atomic E-state index is 12.4. The highest BCUT2D eigenvalue weighted by Gasteiger charge is 2.10. The summed E-state index contributed by atoms with van der Waals surface area (Å²) in [6.07, 6.45) is 5.45. The second-order valence-electron chi connectivity index (χ2n) is 6.73. The quantitative estimate of drug-likeness (QED) is 0.437. The maximum absolute atomic E-state index is 12.4. The minimum Gasteiger partial charge on any atom is -0.497 e. The predicted molar refractivity (Wildman–Crippen MR) is 118 cm³/mol. The number of aromatic nitrogens is 3. The Labute approximate surface area is 179 Å². The number of nitrogens with zero attached hydrogens (tertiary/aromatic N) is 3. The Kier molecular flexibility index (Phi) is 6.29. The highest BCUT2D eigenvalue weighted by molar-refractivity contribution is 7.98. The molecular formula is C23H22N4O2S. The van der Waals surface area contributed by atoms with E-state index >= 15 is 0 Å². The minimum atomic E-state index is -0.0533. The molecule has 0 unspecified atom stereocenters. The Balaban J connectivity index is 1.41. The second kappa shape index (κ2) is 9.45. The highest BCUT2D eigenvalue weighted by Crippen LogP contribution is 2.29. The lowest BCUT2D eigenvalue weighted by Crippen LogP contribution is -2.27. The summed E-state index contributed by atoms with van der Waals surface area (Å²) in [4.78, 5) is 21.1. The molecule has 30 heavy (non-hydrogen) atoms. The molecule has 0 saturated carbocycles. The van der Waals surface area contributed by atoms with Crippen LogP contribution in [0.4, 0.5) is 0 Å². The molecule has 3 aromatic heterocycles. The summed E-state index contributed by atoms with van der Waals surface area (Å²) < 4.78 is 7.16. The van der Waals surface area contributed by atoms with E-state index in [4.69, 9.17) is 4.74 Å². The molecule has 4 aromatic rings. The predicted octanol–water partition coefficient (Wildman–Crippen LogP) is 4.05. The molecule has 7 heteroatoms. The normalized spacial score (nSPS) is 10.8. The summed E-state index contributed by atoms with van der Waals surface area (Å²) >= 11 is 1.68. The highest BCUT2D eigenvalue weighted by atomic mass is 32.2. The first-order chi connectivity index (χ1) is 14.7. The number of hydrogen-bond donors (Lipinski definition) is 1. The molecule has 0 aliphatic carbocycles. The number of thioether (sulfide) groups is 1. The van der Waals surface area contributed by atoms with Crippen molar-refractivity contribution < 1.29 is 9.53 Å². The molecule has 1 N–H and O–H groups in total. The standard InChI is InChI=1S/C23H22N4O2S/c1-29-19-7-5-17(6-8-19)16-30-23-20-10-13-27(21(20)9-12-25-23)15-22(28)26-14-18-4-2-3-11-24-18/h2-13H,14-16H2,1H3,(H,26,28). The zero-order valence-corrected chi connectivity index (χ0v) is 17.4. The van der Waals surface area contributed by atoms with Crippen LogP contribution >= 0.6 is 11.8 Å². The lowest BCUT2D eigenvalue weighted by atomic mass is 10.2. The van der Waals surface area contributed by atoms with Gasteiger partial charge in [-0.15, -0.1) is 11.8 Å². The number of amides is 1. The van der Waals surface area contributed by atoms with Crippen LogP contribution in [-0.4, -0.2) is 27.6 Å². The van der Waals surface area contributed by atoms with Crippen molar-refractivity contribution in [3.8, 4) is 5.75 Å². The molecular weight excluding hydrogens is 396 g/mol. The van der Waals surface area contributed by atoms with Gasteiger partial charge < -0.3 is 14.6 Å². The first kappa shape index (κ1) is 20.0. The molecule has 0 radical (unpaired) electrons. The fraction of sp³-hybridized carbons (Fsp3) is 0.174. The Hall–Kier alpha value is -3.32. The topological polar surface area (TPSA) is 69.0 Å². The van der Waals surface area contributed by atoms with Gasteiger partial charge in [-0.05, 0) is 42.0 Å². The van der Waals surface area contributed by atoms with Crippen molar-refractivity contribution in [2.24, 2.45) is 0 Å². The van der Waals surface area contributed by atoms with E-state index in [0.29, 0.717) is 6.54 Å². The van der Waals surface area contributed by atoms with E-state index in [1.54, 1.807) is 31.3 Å². The molecule has 3 heterocycles. The van der Waals surface area contributed by atoms with Crippen LogP contribution in [0.1, 0.15) is 11.3 Å². The van der Waals surface area contributed by atoms with Gasteiger partial charge in [-0.3, -0.25) is 9.78 Å². The number of benzene rings is 1. The van der Waals surface area contributed by atoms with Gasteiger partial charge in [-0.1, -0.05) is 18.2 Å². The zero-order chi connectivity index (χ0) is 20.8. The van der Waals surface area contributed by atoms with Crippen LogP contribution in [0.15, 0.2) is 78.2 Å². The molecule has 1 amide bonds. The van der Waals surface area contributed by atoms with Gasteiger partial charge in [0.05, 0.1) is 24.9 Å². The van der Waals surface area contributed by atoms with Gasteiger partial charge in [0.2, 0.25) is 5.91 Å². The van der Waals surface area contributed by atoms with Crippen molar-refractivity contribution in [1.29, 1.82) is 0 Å². The number of hydrogen-bond acceptors (Lipinski definition) is 5. The van der Waals surface area contributed by atoms with E-state index in [2.05, 4.69) is 27.4 Å². The van der Waals surface area contributed by atoms with Crippen LogP contribution in [-0.2, 0) is 23.6 Å². The van der Waals surface area contributed by atoms with E-state index in [-0.39, 0.29) is 12.5 Å². The Morgan fingerprint density at radius 3 is 2.70 bits per heavy atom. The van der Waals surface area contributed by atoms with Crippen LogP contribution in [0.5, 0.6) is 5.75 Å². The molecule has 0 fully saturated rings. The zero-order valence-electron chi connectivity index (χ0n) is 16.6. The number of methoxy groups -OCH3 is 1. The van der Waals surface area contributed by atoms with E-state index in [9.17, 15) is 4.79 Å². The fourth-order valence-electron chi connectivity index (χ4n) is 3.13. The maximum Gasteiger partial charge on any atom is 0.240 e. The largest absolute Gasteiger partial charge is 0.497 e. The van der Waals surface area contributed by atoms with E-state index in [1.165, 1.54) is 5.56 Å². The van der Waals surface area contributed by atoms with Crippen LogP contribution in [0.3, 0.4) is 0 Å². The van der Waals surface area contributed by atoms with Crippen LogP contribution in [0.25, 0.3) is 10.9 Å². The van der Waals surface area contributed by atoms with Crippen molar-refractivity contribution in [3.05, 3.63) is 84.4 Å². The van der Waals surface area contributed by atoms with Crippen molar-refractivity contribution >= 4 is 28.6 Å². The van der Waals surface area contributed by atoms with Gasteiger partial charge in [-0.2, -0.15) is 0 Å². The average molecular weight is 419 g/mol. The summed E-state index contributed by atoms with van der Waals surface area (Å²) in [6, 6.07) is 17.7. The summed E-state index contributed by atoms with van der Waals surface area (Å²) in [5.41, 5.74) is 3.03. The smallest absolute Gasteiger partial charge is 0.240 e. The lowest BCUT2D eigenvalue weighted by Gasteiger charge is -2.08. The summed E-state index contributed by atoms with van der Waals surface area (Å²) in [6.45, 7) is 0.673. The Morgan fingerprint density at radius 2 is 1.93 bits per heavy atom. The summed E-state index contributed by atoms with van der Waals surface area (Å²) in [5, 5.41) is 4.92. The van der Waals surface area contributed by atoms with E-state index in [0.717, 1.165) is 33.1 Å². The van der Waals surface area contributed by atoms with Crippen molar-refractivity contribution in [2.45, 2.75) is 23.9 Å². The number of nitrogens with one attached hydrogen (secondary N) is 1. The third kappa shape index (κ3) is 4.80. The molecule has 6 nitrogen and oxygen atoms in total.